The zero-order valence-electron chi connectivity index (χ0n) is 20.5. The van der Waals surface area contributed by atoms with Crippen molar-refractivity contribution in [3.05, 3.63) is 41.6 Å². The molecule has 3 fully saturated rings. The van der Waals surface area contributed by atoms with Crippen LogP contribution in [0.4, 0.5) is 26.0 Å². The number of nitrogens with one attached hydrogen (secondary N) is 2. The zero-order chi connectivity index (χ0) is 25.7. The number of benzene rings is 1. The van der Waals surface area contributed by atoms with Gasteiger partial charge < -0.3 is 19.9 Å². The first-order valence-electron chi connectivity index (χ1n) is 12.1. The van der Waals surface area contributed by atoms with Crippen molar-refractivity contribution in [3.63, 3.8) is 0 Å². The summed E-state index contributed by atoms with van der Waals surface area (Å²) >= 11 is 0. The second kappa shape index (κ2) is 8.95. The third-order valence-corrected chi connectivity index (χ3v) is 8.44. The molecule has 0 radical (unpaired) electrons. The number of anilines is 3. The number of alkyl halides is 2. The molecule has 3 aliphatic heterocycles. The van der Waals surface area contributed by atoms with Crippen LogP contribution in [0.25, 0.3) is 0 Å². The third-order valence-electron chi connectivity index (χ3n) is 7.29. The second-order valence-corrected chi connectivity index (χ2v) is 12.5. The SMILES string of the molecule is Cc1c(N2CC3(COC3)C2)cnc(N2CCCC(F)(F)CC2)c1C(=O)Nc1cccc(S(C)(=N)=O)c1. The quantitative estimate of drug-likeness (QED) is 0.616. The first kappa shape index (κ1) is 24.9. The number of amides is 1. The van der Waals surface area contributed by atoms with Crippen LogP contribution in [-0.2, 0) is 14.5 Å². The summed E-state index contributed by atoms with van der Waals surface area (Å²) in [6, 6.07) is 6.43. The van der Waals surface area contributed by atoms with Crippen LogP contribution in [0, 0.1) is 17.1 Å². The second-order valence-electron chi connectivity index (χ2n) is 10.3. The topological polar surface area (TPSA) is 98.6 Å². The van der Waals surface area contributed by atoms with Gasteiger partial charge in [0.1, 0.15) is 5.82 Å². The van der Waals surface area contributed by atoms with E-state index in [2.05, 4.69) is 15.2 Å². The Kier molecular flexibility index (Phi) is 6.19. The number of pyridine rings is 1. The number of hydrogen-bond acceptors (Lipinski definition) is 7. The average molecular weight is 520 g/mol. The molecule has 5 rings (SSSR count). The van der Waals surface area contributed by atoms with Gasteiger partial charge in [0.15, 0.2) is 0 Å². The van der Waals surface area contributed by atoms with Crippen molar-refractivity contribution in [3.8, 4) is 0 Å². The number of nitrogens with zero attached hydrogens (tertiary/aromatic N) is 3. The van der Waals surface area contributed by atoms with Gasteiger partial charge >= 0.3 is 0 Å². The fourth-order valence-corrected chi connectivity index (χ4v) is 5.89. The number of carbonyl (C=O) groups excluding carboxylic acids is 1. The van der Waals surface area contributed by atoms with Gasteiger partial charge in [0.25, 0.3) is 5.91 Å². The predicted octanol–water partition coefficient (Wildman–Crippen LogP) is 4.14. The van der Waals surface area contributed by atoms with E-state index in [1.54, 1.807) is 29.3 Å². The lowest BCUT2D eigenvalue weighted by atomic mass is 9.77. The average Bonchev–Trinajstić information content (AvgIpc) is 2.92. The molecule has 3 aliphatic rings. The number of hydrogen-bond donors (Lipinski definition) is 2. The molecule has 1 unspecified atom stereocenters. The minimum atomic E-state index is -2.96. The van der Waals surface area contributed by atoms with E-state index in [0.717, 1.165) is 37.6 Å². The molecule has 1 spiro atoms. The fourth-order valence-electron chi connectivity index (χ4n) is 5.20. The van der Waals surface area contributed by atoms with E-state index in [1.807, 2.05) is 6.92 Å². The molecule has 0 bridgehead atoms. The maximum absolute atomic E-state index is 14.1. The summed E-state index contributed by atoms with van der Waals surface area (Å²) in [5, 5.41) is 2.86. The van der Waals surface area contributed by atoms with Crippen LogP contribution in [0.5, 0.6) is 0 Å². The van der Waals surface area contributed by atoms with E-state index in [-0.39, 0.29) is 24.8 Å². The normalized spacial score (nSPS) is 22.2. The van der Waals surface area contributed by atoms with Crippen LogP contribution in [0.2, 0.25) is 0 Å². The maximum Gasteiger partial charge on any atom is 0.259 e. The maximum atomic E-state index is 14.1. The zero-order valence-corrected chi connectivity index (χ0v) is 21.3. The smallest absolute Gasteiger partial charge is 0.259 e. The first-order valence-corrected chi connectivity index (χ1v) is 14.0. The van der Waals surface area contributed by atoms with Crippen LogP contribution in [-0.4, -0.2) is 66.7 Å². The van der Waals surface area contributed by atoms with E-state index in [0.29, 0.717) is 34.9 Å². The highest BCUT2D eigenvalue weighted by atomic mass is 32.2. The summed E-state index contributed by atoms with van der Waals surface area (Å²) in [6.07, 6.45) is 2.90. The van der Waals surface area contributed by atoms with Crippen molar-refractivity contribution >= 4 is 32.8 Å². The molecule has 1 aromatic heterocycles. The molecule has 1 atom stereocenters. The van der Waals surface area contributed by atoms with Crippen LogP contribution < -0.4 is 15.1 Å². The molecule has 2 aromatic rings. The van der Waals surface area contributed by atoms with Gasteiger partial charge in [0, 0.05) is 55.9 Å². The molecule has 0 aliphatic carbocycles. The highest BCUT2D eigenvalue weighted by molar-refractivity contribution is 7.91. The molecule has 2 N–H and O–H groups in total. The summed E-state index contributed by atoms with van der Waals surface area (Å²) in [5.74, 6) is -2.75. The van der Waals surface area contributed by atoms with E-state index < -0.39 is 21.6 Å². The van der Waals surface area contributed by atoms with Gasteiger partial charge in [-0.3, -0.25) is 4.79 Å². The van der Waals surface area contributed by atoms with Gasteiger partial charge in [-0.05, 0) is 37.1 Å². The Labute approximate surface area is 210 Å². The van der Waals surface area contributed by atoms with Crippen molar-refractivity contribution in [2.75, 3.05) is 60.8 Å². The van der Waals surface area contributed by atoms with Crippen molar-refractivity contribution in [2.24, 2.45) is 5.41 Å². The molecule has 194 valence electrons. The Bertz CT molecular complexity index is 1290. The summed E-state index contributed by atoms with van der Waals surface area (Å²) in [6.45, 7) is 5.47. The Hall–Kier alpha value is -2.79. The Morgan fingerprint density at radius 2 is 1.94 bits per heavy atom. The number of carbonyl (C=O) groups is 1. The van der Waals surface area contributed by atoms with E-state index >= 15 is 0 Å². The molecule has 1 aromatic carbocycles. The predicted molar refractivity (Wildman–Crippen MR) is 135 cm³/mol. The van der Waals surface area contributed by atoms with Gasteiger partial charge in [-0.15, -0.1) is 0 Å². The lowest BCUT2D eigenvalue weighted by molar-refractivity contribution is -0.127. The van der Waals surface area contributed by atoms with Gasteiger partial charge in [-0.1, -0.05) is 6.07 Å². The molecule has 3 saturated heterocycles. The van der Waals surface area contributed by atoms with Crippen molar-refractivity contribution in [2.45, 2.75) is 37.0 Å². The minimum absolute atomic E-state index is 0.107. The van der Waals surface area contributed by atoms with Crippen molar-refractivity contribution in [1.82, 2.24) is 4.98 Å². The number of ether oxygens (including phenoxy) is 1. The Morgan fingerprint density at radius 1 is 1.19 bits per heavy atom. The monoisotopic (exact) mass is 519 g/mol. The number of aromatic nitrogens is 1. The highest BCUT2D eigenvalue weighted by Crippen LogP contribution is 2.42. The molecule has 0 saturated carbocycles. The van der Waals surface area contributed by atoms with E-state index in [4.69, 9.17) is 9.52 Å². The first-order chi connectivity index (χ1) is 17.0. The van der Waals surface area contributed by atoms with Gasteiger partial charge in [0.05, 0.1) is 45.8 Å². The van der Waals surface area contributed by atoms with Gasteiger partial charge in [-0.2, -0.15) is 0 Å². The van der Waals surface area contributed by atoms with E-state index in [1.165, 1.54) is 12.3 Å². The van der Waals surface area contributed by atoms with Gasteiger partial charge in [-0.25, -0.2) is 22.8 Å². The summed E-state index contributed by atoms with van der Waals surface area (Å²) in [7, 11) is -2.96. The van der Waals surface area contributed by atoms with E-state index in [9.17, 15) is 17.8 Å². The van der Waals surface area contributed by atoms with Crippen molar-refractivity contribution in [1.29, 1.82) is 4.78 Å². The summed E-state index contributed by atoms with van der Waals surface area (Å²) < 4.78 is 53.6. The standard InChI is InChI=1S/C25H31F2N5O3S/c1-17-20(32-13-24(14-32)15-35-16-24)12-29-22(31-9-4-7-25(26,27)8-10-31)21(17)23(33)30-18-5-3-6-19(11-18)36(2,28)34/h3,5-6,11-12,28H,4,7-10,13-16H2,1-2H3,(H,30,33). The summed E-state index contributed by atoms with van der Waals surface area (Å²) in [5.41, 5.74) is 2.51. The molecule has 4 heterocycles. The van der Waals surface area contributed by atoms with Crippen molar-refractivity contribution < 1.29 is 22.5 Å². The lowest BCUT2D eigenvalue weighted by Crippen LogP contribution is -2.66. The highest BCUT2D eigenvalue weighted by Gasteiger charge is 2.49. The number of rotatable bonds is 5. The fraction of sp³-hybridized carbons (Fsp3) is 0.520. The van der Waals surface area contributed by atoms with Crippen LogP contribution in [0.3, 0.4) is 0 Å². The molecule has 8 nitrogen and oxygen atoms in total. The molecular weight excluding hydrogens is 488 g/mol. The molecule has 1 amide bonds. The molecule has 11 heteroatoms. The van der Waals surface area contributed by atoms with Crippen LogP contribution >= 0.6 is 0 Å². The Balaban J connectivity index is 1.49. The van der Waals surface area contributed by atoms with Crippen LogP contribution in [0.15, 0.2) is 35.4 Å². The molecule has 36 heavy (non-hydrogen) atoms. The third kappa shape index (κ3) is 4.78. The lowest BCUT2D eigenvalue weighted by Gasteiger charge is -2.56. The molecular formula is C25H31F2N5O3S. The largest absolute Gasteiger partial charge is 0.380 e. The Morgan fingerprint density at radius 3 is 2.61 bits per heavy atom. The van der Waals surface area contributed by atoms with Crippen LogP contribution in [0.1, 0.15) is 35.2 Å². The summed E-state index contributed by atoms with van der Waals surface area (Å²) in [4.78, 5) is 22.6. The minimum Gasteiger partial charge on any atom is -0.380 e. The number of halogens is 2. The van der Waals surface area contributed by atoms with Gasteiger partial charge in [0.2, 0.25) is 5.92 Å².